The van der Waals surface area contributed by atoms with Crippen LogP contribution in [-0.2, 0) is 0 Å². The standard InChI is InChI=1S/C29H22O8/c1-13-24(31)22(28-23(25(13)32)26(33)15-9-5-7-11-18(15)37-28)20-14-8-4-6-10-17(14)36-19-12-16(30)27(34-2)29(35-3)21(19)20/h4-12,20,30-32H,1-3H3. The number of hydrogen-bond acceptors (Lipinski definition) is 8. The monoisotopic (exact) mass is 498 g/mol. The molecule has 0 bridgehead atoms. The minimum Gasteiger partial charge on any atom is -0.507 e. The molecule has 0 saturated carbocycles. The molecule has 0 spiro atoms. The van der Waals surface area contributed by atoms with Gasteiger partial charge < -0.3 is 33.9 Å². The molecule has 0 saturated heterocycles. The van der Waals surface area contributed by atoms with Gasteiger partial charge in [-0.1, -0.05) is 30.3 Å². The van der Waals surface area contributed by atoms with Crippen LogP contribution in [-0.4, -0.2) is 29.5 Å². The molecule has 1 aliphatic heterocycles. The zero-order valence-corrected chi connectivity index (χ0v) is 20.2. The zero-order chi connectivity index (χ0) is 26.0. The summed E-state index contributed by atoms with van der Waals surface area (Å²) in [7, 11) is 2.84. The molecule has 0 fully saturated rings. The van der Waals surface area contributed by atoms with Gasteiger partial charge in [0.05, 0.1) is 36.7 Å². The van der Waals surface area contributed by atoms with Gasteiger partial charge in [-0.05, 0) is 25.1 Å². The van der Waals surface area contributed by atoms with Crippen molar-refractivity contribution in [3.8, 4) is 40.2 Å². The van der Waals surface area contributed by atoms with E-state index in [1.54, 1.807) is 36.4 Å². The molecule has 0 radical (unpaired) electrons. The van der Waals surface area contributed by atoms with Gasteiger partial charge in [-0.15, -0.1) is 0 Å². The second-order valence-electron chi connectivity index (χ2n) is 8.81. The molecule has 3 N–H and O–H groups in total. The van der Waals surface area contributed by atoms with Crippen LogP contribution < -0.4 is 19.6 Å². The molecule has 6 rings (SSSR count). The first-order valence-electron chi connectivity index (χ1n) is 11.5. The van der Waals surface area contributed by atoms with Crippen LogP contribution >= 0.6 is 0 Å². The fourth-order valence-electron chi connectivity index (χ4n) is 5.19. The van der Waals surface area contributed by atoms with Crippen LogP contribution in [0.1, 0.15) is 28.2 Å². The van der Waals surface area contributed by atoms with Crippen molar-refractivity contribution in [1.29, 1.82) is 0 Å². The molecule has 37 heavy (non-hydrogen) atoms. The lowest BCUT2D eigenvalue weighted by atomic mass is 9.79. The van der Waals surface area contributed by atoms with E-state index in [1.165, 1.54) is 27.2 Å². The number of para-hydroxylation sites is 2. The Kier molecular flexibility index (Phi) is 4.94. The fraction of sp³-hybridized carbons (Fsp3) is 0.138. The molecule has 4 aromatic carbocycles. The van der Waals surface area contributed by atoms with Gasteiger partial charge in [0.15, 0.2) is 11.5 Å². The molecule has 1 unspecified atom stereocenters. The van der Waals surface area contributed by atoms with Crippen LogP contribution in [0, 0.1) is 6.92 Å². The Bertz CT molecular complexity index is 1800. The minimum absolute atomic E-state index is 0.0334. The van der Waals surface area contributed by atoms with Gasteiger partial charge in [-0.2, -0.15) is 0 Å². The van der Waals surface area contributed by atoms with Gasteiger partial charge in [0.25, 0.3) is 0 Å². The van der Waals surface area contributed by atoms with E-state index in [1.807, 2.05) is 12.1 Å². The molecule has 8 nitrogen and oxygen atoms in total. The maximum Gasteiger partial charge on any atom is 0.204 e. The van der Waals surface area contributed by atoms with Crippen molar-refractivity contribution >= 4 is 21.9 Å². The summed E-state index contributed by atoms with van der Waals surface area (Å²) < 4.78 is 23.5. The molecule has 0 amide bonds. The minimum atomic E-state index is -0.782. The van der Waals surface area contributed by atoms with Crippen molar-refractivity contribution in [1.82, 2.24) is 0 Å². The highest BCUT2D eigenvalue weighted by Crippen LogP contribution is 2.58. The van der Waals surface area contributed by atoms with Crippen LogP contribution in [0.2, 0.25) is 0 Å². The summed E-state index contributed by atoms with van der Waals surface area (Å²) in [6, 6.07) is 15.4. The van der Waals surface area contributed by atoms with E-state index in [4.69, 9.17) is 18.6 Å². The first-order valence-corrected chi connectivity index (χ1v) is 11.5. The second kappa shape index (κ2) is 8.09. The smallest absolute Gasteiger partial charge is 0.204 e. The van der Waals surface area contributed by atoms with E-state index in [0.717, 1.165) is 0 Å². The maximum atomic E-state index is 13.6. The molecule has 186 valence electrons. The van der Waals surface area contributed by atoms with Gasteiger partial charge in [0, 0.05) is 17.2 Å². The predicted molar refractivity (Wildman–Crippen MR) is 137 cm³/mol. The summed E-state index contributed by atoms with van der Waals surface area (Å²) in [5.74, 6) is -0.538. The summed E-state index contributed by atoms with van der Waals surface area (Å²) in [4.78, 5) is 13.6. The van der Waals surface area contributed by atoms with Gasteiger partial charge in [0.2, 0.25) is 11.2 Å². The SMILES string of the molecule is COc1c(O)cc2c(c1OC)C(c1c(O)c(C)c(O)c3c(=O)c4ccccc4oc13)c1ccccc1O2. The zero-order valence-electron chi connectivity index (χ0n) is 20.2. The van der Waals surface area contributed by atoms with Crippen LogP contribution in [0.5, 0.6) is 40.2 Å². The summed E-state index contributed by atoms with van der Waals surface area (Å²) in [5, 5.41) is 33.4. The third kappa shape index (κ3) is 3.05. The average molecular weight is 498 g/mol. The Morgan fingerprint density at radius 1 is 0.838 bits per heavy atom. The third-order valence-electron chi connectivity index (χ3n) is 6.90. The van der Waals surface area contributed by atoms with Gasteiger partial charge in [-0.25, -0.2) is 0 Å². The summed E-state index contributed by atoms with van der Waals surface area (Å²) in [6.45, 7) is 1.53. The summed E-state index contributed by atoms with van der Waals surface area (Å²) in [6.07, 6.45) is 0. The molecule has 1 aromatic heterocycles. The number of fused-ring (bicyclic) bond motifs is 4. The molecule has 1 atom stereocenters. The van der Waals surface area contributed by atoms with Gasteiger partial charge in [-0.3, -0.25) is 4.79 Å². The lowest BCUT2D eigenvalue weighted by Crippen LogP contribution is -2.15. The van der Waals surface area contributed by atoms with E-state index < -0.39 is 11.3 Å². The fourth-order valence-corrected chi connectivity index (χ4v) is 5.19. The number of methoxy groups -OCH3 is 2. The second-order valence-corrected chi connectivity index (χ2v) is 8.81. The van der Waals surface area contributed by atoms with Crippen LogP contribution in [0.25, 0.3) is 21.9 Å². The van der Waals surface area contributed by atoms with Crippen molar-refractivity contribution in [3.05, 3.63) is 87.1 Å². The normalized spacial score (nSPS) is 14.2. The number of aromatic hydroxyl groups is 3. The number of rotatable bonds is 3. The Hall–Kier alpha value is -4.85. The van der Waals surface area contributed by atoms with Crippen LogP contribution in [0.3, 0.4) is 0 Å². The van der Waals surface area contributed by atoms with Crippen molar-refractivity contribution < 1.29 is 33.9 Å². The van der Waals surface area contributed by atoms with E-state index >= 15 is 0 Å². The first-order chi connectivity index (χ1) is 17.9. The van der Waals surface area contributed by atoms with Crippen molar-refractivity contribution in [3.63, 3.8) is 0 Å². The quantitative estimate of drug-likeness (QED) is 0.267. The Balaban J connectivity index is 1.84. The van der Waals surface area contributed by atoms with Crippen LogP contribution in [0.15, 0.2) is 63.8 Å². The number of phenolic OH excluding ortho intramolecular Hbond substituents is 3. The molecular weight excluding hydrogens is 476 g/mol. The highest BCUT2D eigenvalue weighted by Gasteiger charge is 2.39. The van der Waals surface area contributed by atoms with Crippen LogP contribution in [0.4, 0.5) is 0 Å². The van der Waals surface area contributed by atoms with E-state index in [9.17, 15) is 20.1 Å². The highest BCUT2D eigenvalue weighted by atomic mass is 16.5. The summed E-state index contributed by atoms with van der Waals surface area (Å²) >= 11 is 0. The Labute approximate surface area is 210 Å². The number of ether oxygens (including phenoxy) is 3. The Morgan fingerprint density at radius 3 is 2.30 bits per heavy atom. The largest absolute Gasteiger partial charge is 0.507 e. The topological polar surface area (TPSA) is 119 Å². The molecular formula is C29H22O8. The predicted octanol–water partition coefficient (Wildman–Crippen LogP) is 5.67. The van der Waals surface area contributed by atoms with Crippen molar-refractivity contribution in [2.45, 2.75) is 12.8 Å². The lowest BCUT2D eigenvalue weighted by molar-refractivity contribution is 0.323. The van der Waals surface area contributed by atoms with Gasteiger partial charge >= 0.3 is 0 Å². The summed E-state index contributed by atoms with van der Waals surface area (Å²) in [5.41, 5.74) is 1.39. The number of hydrogen-bond donors (Lipinski definition) is 3. The Morgan fingerprint density at radius 2 is 1.54 bits per heavy atom. The van der Waals surface area contributed by atoms with Crippen molar-refractivity contribution in [2.75, 3.05) is 14.2 Å². The molecule has 1 aliphatic rings. The molecule has 0 aliphatic carbocycles. The number of phenols is 3. The van der Waals surface area contributed by atoms with Crippen molar-refractivity contribution in [2.24, 2.45) is 0 Å². The van der Waals surface area contributed by atoms with E-state index in [-0.39, 0.29) is 56.6 Å². The lowest BCUT2D eigenvalue weighted by Gasteiger charge is -2.31. The first kappa shape index (κ1) is 22.6. The average Bonchev–Trinajstić information content (AvgIpc) is 2.90. The van der Waals surface area contributed by atoms with E-state index in [2.05, 4.69) is 0 Å². The number of benzene rings is 4. The maximum absolute atomic E-state index is 13.6. The van der Waals surface area contributed by atoms with Gasteiger partial charge in [0.1, 0.15) is 39.6 Å². The molecule has 5 aromatic rings. The van der Waals surface area contributed by atoms with E-state index in [0.29, 0.717) is 27.8 Å². The molecule has 8 heteroatoms. The highest BCUT2D eigenvalue weighted by molar-refractivity contribution is 5.98. The third-order valence-corrected chi connectivity index (χ3v) is 6.90. The molecule has 2 heterocycles.